The average molecular weight is 440 g/mol. The fourth-order valence-corrected chi connectivity index (χ4v) is 3.46. The van der Waals surface area contributed by atoms with Gasteiger partial charge >= 0.3 is 15.8 Å². The topological polar surface area (TPSA) is 95.7 Å². The van der Waals surface area contributed by atoms with Gasteiger partial charge in [-0.25, -0.2) is 0 Å². The van der Waals surface area contributed by atoms with Crippen LogP contribution in [0.4, 0.5) is 5.69 Å². The zero-order chi connectivity index (χ0) is 20.3. The molecule has 0 radical (unpaired) electrons. The second-order valence-electron chi connectivity index (χ2n) is 5.41. The quantitative estimate of drug-likeness (QED) is 0.287. The Kier molecular flexibility index (Phi) is 5.73. The van der Waals surface area contributed by atoms with Crippen LogP contribution in [0.3, 0.4) is 0 Å². The Bertz CT molecular complexity index is 1120. The standard InChI is InChI=1S/C18H11Cl2NO6S/c19-12-4-6-14(7-5-12)27-28(24,25)15-10-8-13(9-11-15)26-18-16(20)2-1-3-17(18)21(22)23/h1-11H. The van der Waals surface area contributed by atoms with Crippen molar-refractivity contribution < 1.29 is 22.3 Å². The molecular weight excluding hydrogens is 429 g/mol. The first-order chi connectivity index (χ1) is 13.3. The van der Waals surface area contributed by atoms with Gasteiger partial charge < -0.3 is 8.92 Å². The first-order valence-electron chi connectivity index (χ1n) is 7.67. The third kappa shape index (κ3) is 4.53. The van der Waals surface area contributed by atoms with E-state index in [0.29, 0.717) is 5.02 Å². The number of nitrogens with zero attached hydrogens (tertiary/aromatic N) is 1. The van der Waals surface area contributed by atoms with Crippen molar-refractivity contribution in [3.8, 4) is 17.2 Å². The van der Waals surface area contributed by atoms with Crippen LogP contribution in [0.2, 0.25) is 10.0 Å². The molecule has 28 heavy (non-hydrogen) atoms. The fourth-order valence-electron chi connectivity index (χ4n) is 2.20. The maximum atomic E-state index is 12.3. The summed E-state index contributed by atoms with van der Waals surface area (Å²) in [6, 6.07) is 15.2. The van der Waals surface area contributed by atoms with Crippen LogP contribution in [-0.2, 0) is 10.1 Å². The van der Waals surface area contributed by atoms with Crippen LogP contribution in [0.25, 0.3) is 0 Å². The van der Waals surface area contributed by atoms with Crippen molar-refractivity contribution in [1.82, 2.24) is 0 Å². The maximum Gasteiger partial charge on any atom is 0.339 e. The molecule has 0 unspecified atom stereocenters. The van der Waals surface area contributed by atoms with Crippen molar-refractivity contribution in [2.45, 2.75) is 4.90 Å². The fraction of sp³-hybridized carbons (Fsp3) is 0. The van der Waals surface area contributed by atoms with E-state index in [0.717, 1.165) is 0 Å². The van der Waals surface area contributed by atoms with E-state index >= 15 is 0 Å². The lowest BCUT2D eigenvalue weighted by Gasteiger charge is -2.10. The lowest BCUT2D eigenvalue weighted by atomic mass is 10.3. The molecule has 144 valence electrons. The van der Waals surface area contributed by atoms with Gasteiger partial charge in [0.05, 0.1) is 9.95 Å². The van der Waals surface area contributed by atoms with Crippen LogP contribution in [0, 0.1) is 10.1 Å². The predicted octanol–water partition coefficient (Wildman–Crippen LogP) is 5.46. The van der Waals surface area contributed by atoms with E-state index < -0.39 is 15.0 Å². The Labute approximate surface area is 170 Å². The Morgan fingerprint density at radius 1 is 0.857 bits per heavy atom. The predicted molar refractivity (Wildman–Crippen MR) is 104 cm³/mol. The van der Waals surface area contributed by atoms with E-state index in [4.69, 9.17) is 32.1 Å². The molecule has 0 fully saturated rings. The molecule has 0 saturated heterocycles. The smallest absolute Gasteiger partial charge is 0.339 e. The third-order valence-corrected chi connectivity index (χ3v) is 5.31. The molecule has 0 amide bonds. The molecule has 0 aromatic heterocycles. The highest BCUT2D eigenvalue weighted by Crippen LogP contribution is 2.38. The monoisotopic (exact) mass is 439 g/mol. The maximum absolute atomic E-state index is 12.3. The normalized spacial score (nSPS) is 11.1. The van der Waals surface area contributed by atoms with E-state index in [1.54, 1.807) is 0 Å². The van der Waals surface area contributed by atoms with Gasteiger partial charge in [0.15, 0.2) is 0 Å². The van der Waals surface area contributed by atoms with Crippen molar-refractivity contribution in [1.29, 1.82) is 0 Å². The summed E-state index contributed by atoms with van der Waals surface area (Å²) < 4.78 is 35.2. The van der Waals surface area contributed by atoms with E-state index in [2.05, 4.69) is 0 Å². The number of nitro groups is 1. The van der Waals surface area contributed by atoms with Crippen molar-refractivity contribution in [2.24, 2.45) is 0 Å². The van der Waals surface area contributed by atoms with Crippen LogP contribution < -0.4 is 8.92 Å². The summed E-state index contributed by atoms with van der Waals surface area (Å²) in [6.07, 6.45) is 0. The highest BCUT2D eigenvalue weighted by molar-refractivity contribution is 7.87. The molecule has 0 N–H and O–H groups in total. The molecular formula is C18H11Cl2NO6S. The first-order valence-corrected chi connectivity index (χ1v) is 9.83. The van der Waals surface area contributed by atoms with Gasteiger partial charge in [-0.3, -0.25) is 10.1 Å². The SMILES string of the molecule is O=[N+]([O-])c1cccc(Cl)c1Oc1ccc(S(=O)(=O)Oc2ccc(Cl)cc2)cc1. The molecule has 10 heteroatoms. The summed E-state index contributed by atoms with van der Waals surface area (Å²) in [7, 11) is -4.08. The molecule has 0 aliphatic rings. The molecule has 0 saturated carbocycles. The molecule has 3 aromatic carbocycles. The minimum atomic E-state index is -4.08. The highest BCUT2D eigenvalue weighted by atomic mass is 35.5. The van der Waals surface area contributed by atoms with Crippen LogP contribution in [-0.4, -0.2) is 13.3 Å². The van der Waals surface area contributed by atoms with Gasteiger partial charge in [0.1, 0.15) is 16.4 Å². The number of hydrogen-bond donors (Lipinski definition) is 0. The van der Waals surface area contributed by atoms with Gasteiger partial charge in [0.2, 0.25) is 5.75 Å². The number of ether oxygens (including phenoxy) is 1. The van der Waals surface area contributed by atoms with Crippen LogP contribution in [0.5, 0.6) is 17.2 Å². The summed E-state index contributed by atoms with van der Waals surface area (Å²) in [4.78, 5) is 10.4. The zero-order valence-corrected chi connectivity index (χ0v) is 16.2. The second-order valence-corrected chi connectivity index (χ2v) is 7.80. The Morgan fingerprint density at radius 3 is 2.07 bits per heavy atom. The van der Waals surface area contributed by atoms with Crippen molar-refractivity contribution in [3.63, 3.8) is 0 Å². The van der Waals surface area contributed by atoms with Gasteiger partial charge in [-0.15, -0.1) is 0 Å². The summed E-state index contributed by atoms with van der Waals surface area (Å²) in [6.45, 7) is 0. The van der Waals surface area contributed by atoms with Gasteiger partial charge in [-0.1, -0.05) is 29.3 Å². The van der Waals surface area contributed by atoms with Gasteiger partial charge in [-0.05, 0) is 54.6 Å². The minimum absolute atomic E-state index is 0.0527. The zero-order valence-electron chi connectivity index (χ0n) is 13.9. The molecule has 0 aliphatic heterocycles. The van der Waals surface area contributed by atoms with E-state index in [9.17, 15) is 18.5 Å². The van der Waals surface area contributed by atoms with Crippen molar-refractivity contribution >= 4 is 39.0 Å². The third-order valence-electron chi connectivity index (χ3n) is 3.49. The van der Waals surface area contributed by atoms with Gasteiger partial charge in [0.25, 0.3) is 0 Å². The average Bonchev–Trinajstić information content (AvgIpc) is 2.65. The van der Waals surface area contributed by atoms with Crippen molar-refractivity contribution in [3.05, 3.63) is 86.9 Å². The number of nitro benzene ring substituents is 1. The lowest BCUT2D eigenvalue weighted by molar-refractivity contribution is -0.385. The number of para-hydroxylation sites is 1. The van der Waals surface area contributed by atoms with Gasteiger partial charge in [0, 0.05) is 11.1 Å². The Balaban J connectivity index is 1.82. The number of halogens is 2. The minimum Gasteiger partial charge on any atom is -0.449 e. The van der Waals surface area contributed by atoms with Crippen LogP contribution in [0.15, 0.2) is 71.6 Å². The summed E-state index contributed by atoms with van der Waals surface area (Å²) >= 11 is 11.7. The summed E-state index contributed by atoms with van der Waals surface area (Å²) in [5.41, 5.74) is -0.310. The molecule has 0 bridgehead atoms. The first kappa shape index (κ1) is 19.9. The Hall–Kier alpha value is -2.81. The molecule has 7 nitrogen and oxygen atoms in total. The Morgan fingerprint density at radius 2 is 1.46 bits per heavy atom. The molecule has 3 rings (SSSR count). The molecule has 0 aliphatic carbocycles. The number of hydrogen-bond acceptors (Lipinski definition) is 6. The summed E-state index contributed by atoms with van der Waals surface area (Å²) in [5, 5.41) is 11.6. The van der Waals surface area contributed by atoms with Gasteiger partial charge in [-0.2, -0.15) is 8.42 Å². The summed E-state index contributed by atoms with van der Waals surface area (Å²) in [5.74, 6) is 0.139. The van der Waals surface area contributed by atoms with E-state index in [1.807, 2.05) is 0 Å². The molecule has 0 atom stereocenters. The van der Waals surface area contributed by atoms with Crippen LogP contribution in [0.1, 0.15) is 0 Å². The molecule has 3 aromatic rings. The lowest BCUT2D eigenvalue weighted by Crippen LogP contribution is -2.09. The van der Waals surface area contributed by atoms with E-state index in [1.165, 1.54) is 66.7 Å². The molecule has 0 heterocycles. The van der Waals surface area contributed by atoms with E-state index in [-0.39, 0.29) is 32.9 Å². The number of benzene rings is 3. The number of rotatable bonds is 6. The molecule has 0 spiro atoms. The second kappa shape index (κ2) is 8.05. The van der Waals surface area contributed by atoms with Crippen LogP contribution >= 0.6 is 23.2 Å². The largest absolute Gasteiger partial charge is 0.449 e. The van der Waals surface area contributed by atoms with Crippen molar-refractivity contribution in [2.75, 3.05) is 0 Å². The highest BCUT2D eigenvalue weighted by Gasteiger charge is 2.20.